The highest BCUT2D eigenvalue weighted by molar-refractivity contribution is 6.32. The molecule has 1 aromatic carbocycles. The smallest absolute Gasteiger partial charge is 0.0793 e. The highest BCUT2D eigenvalue weighted by Gasteiger charge is 2.04. The number of aromatic carboxylic acids is 1. The second kappa shape index (κ2) is 3.27. The zero-order chi connectivity index (χ0) is 10.1. The Kier molecular flexibility index (Phi) is 2.09. The fourth-order valence-corrected chi connectivity index (χ4v) is 1.54. The van der Waals surface area contributed by atoms with E-state index in [0.29, 0.717) is 15.9 Å². The number of nitrogens with zero attached hydrogens (tertiary/aromatic N) is 1. The number of benzene rings is 1. The third kappa shape index (κ3) is 1.42. The predicted octanol–water partition coefficient (Wildman–Crippen LogP) is 1.25. The molecule has 0 unspecified atom stereocenters. The fourth-order valence-electron chi connectivity index (χ4n) is 1.31. The Balaban J connectivity index is 2.87. The van der Waals surface area contributed by atoms with Gasteiger partial charge in [0.2, 0.25) is 0 Å². The summed E-state index contributed by atoms with van der Waals surface area (Å²) < 4.78 is 0. The lowest BCUT2D eigenvalue weighted by atomic mass is 10.1. The standard InChI is InChI=1S/C10H6ClNO2/c11-7-4-6-2-1-3-12-9(6)8(5-7)10(13)14/h1-5H,(H,13,14)/p-1. The monoisotopic (exact) mass is 206 g/mol. The summed E-state index contributed by atoms with van der Waals surface area (Å²) in [5.74, 6) is -1.27. The Hall–Kier alpha value is -1.61. The molecule has 0 N–H and O–H groups in total. The minimum absolute atomic E-state index is 0.0214. The van der Waals surface area contributed by atoms with E-state index in [-0.39, 0.29) is 5.56 Å². The Morgan fingerprint density at radius 1 is 1.43 bits per heavy atom. The van der Waals surface area contributed by atoms with E-state index in [1.807, 2.05) is 0 Å². The molecule has 1 heterocycles. The maximum Gasteiger partial charge on any atom is 0.0793 e. The molecule has 0 aliphatic carbocycles. The van der Waals surface area contributed by atoms with Crippen LogP contribution in [0.1, 0.15) is 10.4 Å². The van der Waals surface area contributed by atoms with Gasteiger partial charge in [-0.15, -0.1) is 0 Å². The number of carbonyl (C=O) groups is 1. The quantitative estimate of drug-likeness (QED) is 0.706. The number of aromatic nitrogens is 1. The van der Waals surface area contributed by atoms with Crippen LogP contribution in [0.5, 0.6) is 0 Å². The first-order chi connectivity index (χ1) is 6.68. The summed E-state index contributed by atoms with van der Waals surface area (Å²) >= 11 is 5.75. The highest BCUT2D eigenvalue weighted by Crippen LogP contribution is 2.21. The molecule has 0 saturated heterocycles. The summed E-state index contributed by atoms with van der Waals surface area (Å²) in [4.78, 5) is 14.7. The number of carbonyl (C=O) groups excluding carboxylic acids is 1. The van der Waals surface area contributed by atoms with Crippen LogP contribution in [0.2, 0.25) is 5.02 Å². The van der Waals surface area contributed by atoms with E-state index >= 15 is 0 Å². The largest absolute Gasteiger partial charge is 0.545 e. The molecule has 0 saturated carbocycles. The molecule has 1 aromatic heterocycles. The molecular weight excluding hydrogens is 202 g/mol. The van der Waals surface area contributed by atoms with Crippen LogP contribution in [0, 0.1) is 0 Å². The third-order valence-corrected chi connectivity index (χ3v) is 2.11. The molecule has 0 amide bonds. The van der Waals surface area contributed by atoms with Gasteiger partial charge in [0.1, 0.15) is 0 Å². The van der Waals surface area contributed by atoms with E-state index in [9.17, 15) is 9.90 Å². The molecule has 14 heavy (non-hydrogen) atoms. The van der Waals surface area contributed by atoms with E-state index in [4.69, 9.17) is 11.6 Å². The number of fused-ring (bicyclic) bond motifs is 1. The lowest BCUT2D eigenvalue weighted by Gasteiger charge is -2.06. The Labute approximate surface area is 85.0 Å². The minimum atomic E-state index is -1.27. The van der Waals surface area contributed by atoms with Crippen molar-refractivity contribution in [1.29, 1.82) is 0 Å². The minimum Gasteiger partial charge on any atom is -0.545 e. The highest BCUT2D eigenvalue weighted by atomic mass is 35.5. The van der Waals surface area contributed by atoms with Gasteiger partial charge in [-0.25, -0.2) is 0 Å². The topological polar surface area (TPSA) is 53.0 Å². The van der Waals surface area contributed by atoms with Crippen LogP contribution in [0.25, 0.3) is 10.9 Å². The van der Waals surface area contributed by atoms with Gasteiger partial charge < -0.3 is 9.90 Å². The molecule has 0 bridgehead atoms. The zero-order valence-corrected chi connectivity index (χ0v) is 7.78. The van der Waals surface area contributed by atoms with Crippen LogP contribution < -0.4 is 5.11 Å². The zero-order valence-electron chi connectivity index (χ0n) is 7.03. The molecule has 0 aliphatic rings. The van der Waals surface area contributed by atoms with Crippen molar-refractivity contribution in [3.8, 4) is 0 Å². The van der Waals surface area contributed by atoms with Crippen molar-refractivity contribution in [2.75, 3.05) is 0 Å². The van der Waals surface area contributed by atoms with Crippen LogP contribution in [0.15, 0.2) is 30.5 Å². The summed E-state index contributed by atoms with van der Waals surface area (Å²) in [5, 5.41) is 11.8. The molecule has 0 spiro atoms. The van der Waals surface area contributed by atoms with Crippen molar-refractivity contribution < 1.29 is 9.90 Å². The average Bonchev–Trinajstić information content (AvgIpc) is 2.16. The van der Waals surface area contributed by atoms with Crippen molar-refractivity contribution in [2.45, 2.75) is 0 Å². The van der Waals surface area contributed by atoms with Crippen molar-refractivity contribution in [2.24, 2.45) is 0 Å². The van der Waals surface area contributed by atoms with E-state index in [0.717, 1.165) is 0 Å². The van der Waals surface area contributed by atoms with Crippen molar-refractivity contribution >= 4 is 28.5 Å². The first-order valence-electron chi connectivity index (χ1n) is 3.94. The first-order valence-corrected chi connectivity index (χ1v) is 4.32. The Morgan fingerprint density at radius 2 is 2.21 bits per heavy atom. The second-order valence-electron chi connectivity index (χ2n) is 2.82. The van der Waals surface area contributed by atoms with Crippen LogP contribution in [0.4, 0.5) is 0 Å². The number of carboxylic acid groups (broad SMARTS) is 1. The summed E-state index contributed by atoms with van der Waals surface area (Å²) in [6.45, 7) is 0. The summed E-state index contributed by atoms with van der Waals surface area (Å²) in [7, 11) is 0. The lowest BCUT2D eigenvalue weighted by Crippen LogP contribution is -2.22. The predicted molar refractivity (Wildman–Crippen MR) is 51.1 cm³/mol. The van der Waals surface area contributed by atoms with Crippen molar-refractivity contribution in [3.05, 3.63) is 41.0 Å². The maximum absolute atomic E-state index is 10.8. The molecule has 2 aromatic rings. The van der Waals surface area contributed by atoms with Gasteiger partial charge in [-0.05, 0) is 18.2 Å². The number of pyridine rings is 1. The van der Waals surface area contributed by atoms with Gasteiger partial charge in [0.25, 0.3) is 0 Å². The third-order valence-electron chi connectivity index (χ3n) is 1.89. The van der Waals surface area contributed by atoms with Gasteiger partial charge in [-0.3, -0.25) is 4.98 Å². The molecule has 3 nitrogen and oxygen atoms in total. The normalized spacial score (nSPS) is 10.4. The summed E-state index contributed by atoms with van der Waals surface area (Å²) in [6.07, 6.45) is 1.53. The van der Waals surface area contributed by atoms with Crippen LogP contribution in [-0.2, 0) is 0 Å². The van der Waals surface area contributed by atoms with E-state index in [2.05, 4.69) is 4.98 Å². The molecule has 4 heteroatoms. The number of hydrogen-bond donors (Lipinski definition) is 0. The van der Waals surface area contributed by atoms with Gasteiger partial charge in [0, 0.05) is 22.2 Å². The number of rotatable bonds is 1. The van der Waals surface area contributed by atoms with Gasteiger partial charge >= 0.3 is 0 Å². The number of carboxylic acids is 1. The molecular formula is C10H5ClNO2-. The van der Waals surface area contributed by atoms with Gasteiger partial charge in [0.05, 0.1) is 11.5 Å². The average molecular weight is 207 g/mol. The SMILES string of the molecule is O=C([O-])c1cc(Cl)cc2cccnc12. The Bertz CT molecular complexity index is 510. The number of halogens is 1. The fraction of sp³-hybridized carbons (Fsp3) is 0. The molecule has 0 radical (unpaired) electrons. The number of hydrogen-bond acceptors (Lipinski definition) is 3. The van der Waals surface area contributed by atoms with Crippen LogP contribution in [0.3, 0.4) is 0 Å². The maximum atomic E-state index is 10.8. The van der Waals surface area contributed by atoms with Gasteiger partial charge in [-0.1, -0.05) is 17.7 Å². The first kappa shape index (κ1) is 8.97. The van der Waals surface area contributed by atoms with Gasteiger partial charge in [-0.2, -0.15) is 0 Å². The molecule has 0 fully saturated rings. The van der Waals surface area contributed by atoms with E-state index in [1.54, 1.807) is 18.2 Å². The van der Waals surface area contributed by atoms with Crippen LogP contribution >= 0.6 is 11.6 Å². The molecule has 70 valence electrons. The van der Waals surface area contributed by atoms with Crippen LogP contribution in [-0.4, -0.2) is 11.0 Å². The molecule has 0 atom stereocenters. The summed E-state index contributed by atoms with van der Waals surface area (Å²) in [5.41, 5.74) is 0.421. The van der Waals surface area contributed by atoms with Crippen molar-refractivity contribution in [1.82, 2.24) is 4.98 Å². The van der Waals surface area contributed by atoms with Gasteiger partial charge in [0.15, 0.2) is 0 Å². The van der Waals surface area contributed by atoms with E-state index in [1.165, 1.54) is 12.3 Å². The molecule has 2 rings (SSSR count). The summed E-state index contributed by atoms with van der Waals surface area (Å²) in [6, 6.07) is 6.47. The Morgan fingerprint density at radius 3 is 2.93 bits per heavy atom. The lowest BCUT2D eigenvalue weighted by molar-refractivity contribution is -0.254. The molecule has 0 aliphatic heterocycles. The van der Waals surface area contributed by atoms with E-state index < -0.39 is 5.97 Å². The second-order valence-corrected chi connectivity index (χ2v) is 3.25. The van der Waals surface area contributed by atoms with Crippen molar-refractivity contribution in [3.63, 3.8) is 0 Å².